The fourth-order valence-electron chi connectivity index (χ4n) is 3.38. The fourth-order valence-corrected chi connectivity index (χ4v) is 3.38. The summed E-state index contributed by atoms with van der Waals surface area (Å²) in [6.07, 6.45) is 6.25. The van der Waals surface area contributed by atoms with Gasteiger partial charge in [0.15, 0.2) is 5.65 Å². The van der Waals surface area contributed by atoms with Crippen molar-refractivity contribution in [3.8, 4) is 23.1 Å². The molecule has 1 fully saturated rings. The van der Waals surface area contributed by atoms with Gasteiger partial charge >= 0.3 is 0 Å². The number of nitrogens with zero attached hydrogens (tertiary/aromatic N) is 4. The molecule has 0 aliphatic carbocycles. The van der Waals surface area contributed by atoms with Crippen LogP contribution in [0.4, 0.5) is 4.39 Å². The second-order valence-electron chi connectivity index (χ2n) is 6.95. The molecule has 1 aliphatic rings. The second-order valence-corrected chi connectivity index (χ2v) is 6.95. The highest BCUT2D eigenvalue weighted by atomic mass is 19.1. The minimum atomic E-state index is -0.696. The van der Waals surface area contributed by atoms with Crippen LogP contribution in [0.3, 0.4) is 0 Å². The van der Waals surface area contributed by atoms with E-state index >= 15 is 0 Å². The van der Waals surface area contributed by atoms with Crippen molar-refractivity contribution < 1.29 is 14.0 Å². The standard InChI is InChI=1S/C21H18FN5O2/c1-26-7-2-3-14(21(26)29)5-4-13-9-15(11-16(22)10-13)18-20-24-6-8-27(20)12-17(25-18)19(23)28/h6,8-12,14H,2-3,7H2,1H3,(H2,23,28). The van der Waals surface area contributed by atoms with E-state index in [9.17, 15) is 14.0 Å². The predicted molar refractivity (Wildman–Crippen MR) is 104 cm³/mol. The number of imidazole rings is 1. The molecule has 2 aromatic heterocycles. The second kappa shape index (κ2) is 7.36. The molecule has 0 saturated carbocycles. The van der Waals surface area contributed by atoms with Gasteiger partial charge in [-0.3, -0.25) is 9.59 Å². The fraction of sp³-hybridized carbons (Fsp3) is 0.238. The molecule has 146 valence electrons. The van der Waals surface area contributed by atoms with E-state index in [1.165, 1.54) is 18.3 Å². The summed E-state index contributed by atoms with van der Waals surface area (Å²) >= 11 is 0. The third kappa shape index (κ3) is 3.67. The Balaban J connectivity index is 1.77. The summed E-state index contributed by atoms with van der Waals surface area (Å²) < 4.78 is 15.9. The molecule has 7 nitrogen and oxygen atoms in total. The lowest BCUT2D eigenvalue weighted by Gasteiger charge is -2.26. The molecular formula is C21H18FN5O2. The number of benzene rings is 1. The Hall–Kier alpha value is -3.73. The van der Waals surface area contributed by atoms with Crippen molar-refractivity contribution in [3.05, 3.63) is 53.9 Å². The number of carbonyl (C=O) groups excluding carboxylic acids is 2. The zero-order valence-electron chi connectivity index (χ0n) is 15.7. The molecule has 3 heterocycles. The van der Waals surface area contributed by atoms with Gasteiger partial charge in [-0.25, -0.2) is 14.4 Å². The number of hydrogen-bond acceptors (Lipinski definition) is 4. The average molecular weight is 391 g/mol. The summed E-state index contributed by atoms with van der Waals surface area (Å²) in [6, 6.07) is 4.26. The molecule has 1 aliphatic heterocycles. The minimum absolute atomic E-state index is 0.0182. The lowest BCUT2D eigenvalue weighted by Crippen LogP contribution is -2.37. The van der Waals surface area contributed by atoms with Gasteiger partial charge in [-0.15, -0.1) is 0 Å². The third-order valence-electron chi connectivity index (χ3n) is 4.85. The van der Waals surface area contributed by atoms with Gasteiger partial charge in [-0.05, 0) is 31.0 Å². The smallest absolute Gasteiger partial charge is 0.268 e. The number of aromatic nitrogens is 3. The lowest BCUT2D eigenvalue weighted by atomic mass is 9.97. The molecule has 29 heavy (non-hydrogen) atoms. The van der Waals surface area contributed by atoms with Crippen LogP contribution in [0.2, 0.25) is 0 Å². The van der Waals surface area contributed by atoms with Crippen LogP contribution in [0.15, 0.2) is 36.8 Å². The molecule has 0 spiro atoms. The maximum atomic E-state index is 14.3. The first-order valence-electron chi connectivity index (χ1n) is 9.13. The molecule has 1 aromatic carbocycles. The molecule has 0 bridgehead atoms. The summed E-state index contributed by atoms with van der Waals surface area (Å²) in [4.78, 5) is 34.0. The number of rotatable bonds is 2. The van der Waals surface area contributed by atoms with E-state index in [0.29, 0.717) is 28.9 Å². The zero-order valence-corrected chi connectivity index (χ0v) is 15.7. The number of hydrogen-bond donors (Lipinski definition) is 1. The van der Waals surface area contributed by atoms with Crippen LogP contribution in [0, 0.1) is 23.6 Å². The number of piperidine rings is 1. The lowest BCUT2D eigenvalue weighted by molar-refractivity contribution is -0.134. The van der Waals surface area contributed by atoms with E-state index in [1.807, 2.05) is 0 Å². The van der Waals surface area contributed by atoms with Gasteiger partial charge in [-0.2, -0.15) is 0 Å². The van der Waals surface area contributed by atoms with Crippen molar-refractivity contribution in [3.63, 3.8) is 0 Å². The van der Waals surface area contributed by atoms with Crippen molar-refractivity contribution in [1.29, 1.82) is 0 Å². The van der Waals surface area contributed by atoms with Crippen LogP contribution >= 0.6 is 0 Å². The van der Waals surface area contributed by atoms with Crippen molar-refractivity contribution in [2.45, 2.75) is 12.8 Å². The first-order valence-corrected chi connectivity index (χ1v) is 9.13. The van der Waals surface area contributed by atoms with Crippen LogP contribution in [-0.2, 0) is 4.79 Å². The van der Waals surface area contributed by atoms with Crippen LogP contribution in [0.1, 0.15) is 28.9 Å². The minimum Gasteiger partial charge on any atom is -0.364 e. The Kier molecular flexibility index (Phi) is 4.72. The van der Waals surface area contributed by atoms with E-state index in [-0.39, 0.29) is 11.6 Å². The summed E-state index contributed by atoms with van der Waals surface area (Å²) in [5, 5.41) is 0. The molecule has 1 saturated heterocycles. The van der Waals surface area contributed by atoms with E-state index in [4.69, 9.17) is 5.73 Å². The van der Waals surface area contributed by atoms with Gasteiger partial charge in [0.05, 0.1) is 5.92 Å². The van der Waals surface area contributed by atoms with Gasteiger partial charge in [0.2, 0.25) is 5.91 Å². The van der Waals surface area contributed by atoms with Crippen molar-refractivity contribution >= 4 is 17.5 Å². The molecule has 2 N–H and O–H groups in total. The Morgan fingerprint density at radius 3 is 2.97 bits per heavy atom. The molecule has 1 unspecified atom stereocenters. The Morgan fingerprint density at radius 1 is 1.34 bits per heavy atom. The maximum absolute atomic E-state index is 14.3. The van der Waals surface area contributed by atoms with Gasteiger partial charge < -0.3 is 15.0 Å². The first-order chi connectivity index (χ1) is 13.9. The highest BCUT2D eigenvalue weighted by Gasteiger charge is 2.24. The molecule has 1 atom stereocenters. The third-order valence-corrected chi connectivity index (χ3v) is 4.85. The average Bonchev–Trinajstić information content (AvgIpc) is 3.16. The number of carbonyl (C=O) groups is 2. The van der Waals surface area contributed by atoms with Crippen LogP contribution in [-0.4, -0.2) is 44.7 Å². The summed E-state index contributed by atoms with van der Waals surface area (Å²) in [5.41, 5.74) is 7.02. The number of nitrogens with two attached hydrogens (primary N) is 1. The van der Waals surface area contributed by atoms with E-state index in [2.05, 4.69) is 21.8 Å². The largest absolute Gasteiger partial charge is 0.364 e. The summed E-state index contributed by atoms with van der Waals surface area (Å²) in [6.45, 7) is 0.726. The van der Waals surface area contributed by atoms with Crippen molar-refractivity contribution in [1.82, 2.24) is 19.3 Å². The Labute approximate surface area is 166 Å². The molecular weight excluding hydrogens is 373 g/mol. The van der Waals surface area contributed by atoms with Crippen LogP contribution in [0.5, 0.6) is 0 Å². The highest BCUT2D eigenvalue weighted by molar-refractivity contribution is 5.92. The normalized spacial score (nSPS) is 16.6. The first kappa shape index (κ1) is 18.6. The SMILES string of the molecule is CN1CCCC(C#Cc2cc(F)cc(-c3nc(C(N)=O)cn4ccnc34)c2)C1=O. The topological polar surface area (TPSA) is 93.6 Å². The highest BCUT2D eigenvalue weighted by Crippen LogP contribution is 2.24. The van der Waals surface area contributed by atoms with Crippen molar-refractivity contribution in [2.75, 3.05) is 13.6 Å². The molecule has 3 aromatic rings. The van der Waals surface area contributed by atoms with Crippen LogP contribution in [0.25, 0.3) is 16.9 Å². The molecule has 8 heteroatoms. The number of halogens is 1. The van der Waals surface area contributed by atoms with Gasteiger partial charge in [0, 0.05) is 43.3 Å². The van der Waals surface area contributed by atoms with Gasteiger partial charge in [-0.1, -0.05) is 11.8 Å². The van der Waals surface area contributed by atoms with Gasteiger partial charge in [0.1, 0.15) is 17.2 Å². The number of primary amides is 1. The van der Waals surface area contributed by atoms with Crippen LogP contribution < -0.4 is 5.73 Å². The monoisotopic (exact) mass is 391 g/mol. The Morgan fingerprint density at radius 2 is 2.17 bits per heavy atom. The van der Waals surface area contributed by atoms with E-state index < -0.39 is 17.6 Å². The van der Waals surface area contributed by atoms with Gasteiger partial charge in [0.25, 0.3) is 5.91 Å². The van der Waals surface area contributed by atoms with E-state index in [0.717, 1.165) is 13.0 Å². The molecule has 2 amide bonds. The quantitative estimate of drug-likeness (QED) is 0.675. The predicted octanol–water partition coefficient (Wildman–Crippen LogP) is 1.85. The zero-order chi connectivity index (χ0) is 20.5. The van der Waals surface area contributed by atoms with Crippen molar-refractivity contribution in [2.24, 2.45) is 11.7 Å². The number of amides is 2. The maximum Gasteiger partial charge on any atom is 0.268 e. The Bertz CT molecular complexity index is 1190. The molecule has 4 rings (SSSR count). The number of likely N-dealkylation sites (tertiary alicyclic amines) is 1. The summed E-state index contributed by atoms with van der Waals surface area (Å²) in [7, 11) is 1.75. The summed E-state index contributed by atoms with van der Waals surface area (Å²) in [5.74, 6) is 4.26. The van der Waals surface area contributed by atoms with E-state index in [1.54, 1.807) is 34.8 Å². The molecule has 0 radical (unpaired) electrons. The number of fused-ring (bicyclic) bond motifs is 1.